The van der Waals surface area contributed by atoms with Crippen LogP contribution in [0.5, 0.6) is 5.75 Å². The van der Waals surface area contributed by atoms with Crippen LogP contribution in [0.1, 0.15) is 35.9 Å². The van der Waals surface area contributed by atoms with Crippen LogP contribution in [0.25, 0.3) is 0 Å². The van der Waals surface area contributed by atoms with Gasteiger partial charge in [0.2, 0.25) is 0 Å². The van der Waals surface area contributed by atoms with Crippen molar-refractivity contribution in [1.29, 1.82) is 0 Å². The molecule has 0 heterocycles. The highest BCUT2D eigenvalue weighted by molar-refractivity contribution is 5.94. The molecule has 14 heavy (non-hydrogen) atoms. The summed E-state index contributed by atoms with van der Waals surface area (Å²) in [6.45, 7) is 3.13. The molecule has 0 amide bonds. The highest BCUT2D eigenvalue weighted by Crippen LogP contribution is 2.26. The molecule has 0 saturated heterocycles. The van der Waals surface area contributed by atoms with Crippen molar-refractivity contribution in [3.63, 3.8) is 0 Å². The number of ether oxygens (including phenoxy) is 1. The maximum absolute atomic E-state index is 11.1. The normalized spacial score (nSPS) is 12.3. The predicted octanol–water partition coefficient (Wildman–Crippen LogP) is 1.95. The minimum Gasteiger partial charge on any atom is -0.496 e. The maximum Gasteiger partial charge on any atom is 0.159 e. The van der Waals surface area contributed by atoms with E-state index in [4.69, 9.17) is 4.74 Å². The van der Waals surface area contributed by atoms with Crippen LogP contribution in [-0.2, 0) is 0 Å². The summed E-state index contributed by atoms with van der Waals surface area (Å²) in [4.78, 5) is 11.1. The van der Waals surface area contributed by atoms with E-state index in [2.05, 4.69) is 0 Å². The zero-order chi connectivity index (χ0) is 10.7. The number of aliphatic hydroxyl groups is 1. The molecule has 0 aliphatic carbocycles. The van der Waals surface area contributed by atoms with Gasteiger partial charge in [0.1, 0.15) is 5.75 Å². The highest BCUT2D eigenvalue weighted by Gasteiger charge is 2.10. The number of carbonyl (C=O) groups is 1. The maximum atomic E-state index is 11.1. The van der Waals surface area contributed by atoms with Crippen LogP contribution < -0.4 is 4.74 Å². The fraction of sp³-hybridized carbons (Fsp3) is 0.364. The molecular formula is C11H14O3. The lowest BCUT2D eigenvalue weighted by Crippen LogP contribution is -2.00. The number of ketones is 1. The van der Waals surface area contributed by atoms with E-state index in [1.165, 1.54) is 14.0 Å². The van der Waals surface area contributed by atoms with E-state index in [9.17, 15) is 9.90 Å². The molecule has 1 aromatic carbocycles. The number of hydrogen-bond acceptors (Lipinski definition) is 3. The molecule has 1 atom stereocenters. The van der Waals surface area contributed by atoms with Crippen molar-refractivity contribution in [3.8, 4) is 5.75 Å². The van der Waals surface area contributed by atoms with Gasteiger partial charge in [0, 0.05) is 11.1 Å². The Bertz CT molecular complexity index is 342. The summed E-state index contributed by atoms with van der Waals surface area (Å²) in [6, 6.07) is 5.04. The number of aliphatic hydroxyl groups excluding tert-OH is 1. The van der Waals surface area contributed by atoms with Gasteiger partial charge >= 0.3 is 0 Å². The Balaban J connectivity index is 3.20. The van der Waals surface area contributed by atoms with Crippen LogP contribution in [0.2, 0.25) is 0 Å². The number of rotatable bonds is 3. The van der Waals surface area contributed by atoms with Crippen molar-refractivity contribution in [2.24, 2.45) is 0 Å². The molecule has 0 aliphatic heterocycles. The molecule has 0 bridgehead atoms. The summed E-state index contributed by atoms with van der Waals surface area (Å²) in [5.74, 6) is 0.583. The van der Waals surface area contributed by atoms with E-state index >= 15 is 0 Å². The summed E-state index contributed by atoms with van der Waals surface area (Å²) in [5.41, 5.74) is 1.22. The predicted molar refractivity (Wildman–Crippen MR) is 53.6 cm³/mol. The Hall–Kier alpha value is -1.35. The monoisotopic (exact) mass is 194 g/mol. The molecule has 0 radical (unpaired) electrons. The Kier molecular flexibility index (Phi) is 3.25. The average Bonchev–Trinajstić information content (AvgIpc) is 2.16. The third kappa shape index (κ3) is 2.12. The van der Waals surface area contributed by atoms with Gasteiger partial charge in [-0.2, -0.15) is 0 Å². The number of hydrogen-bond donors (Lipinski definition) is 1. The van der Waals surface area contributed by atoms with Gasteiger partial charge in [0.15, 0.2) is 5.78 Å². The minimum absolute atomic E-state index is 0.0189. The quantitative estimate of drug-likeness (QED) is 0.748. The van der Waals surface area contributed by atoms with Crippen LogP contribution in [-0.4, -0.2) is 18.0 Å². The van der Waals surface area contributed by atoms with Gasteiger partial charge < -0.3 is 9.84 Å². The molecule has 3 nitrogen and oxygen atoms in total. The van der Waals surface area contributed by atoms with Gasteiger partial charge in [-0.05, 0) is 32.0 Å². The molecule has 1 N–H and O–H groups in total. The molecule has 0 aromatic heterocycles. The zero-order valence-electron chi connectivity index (χ0n) is 8.57. The van der Waals surface area contributed by atoms with E-state index in [0.29, 0.717) is 16.9 Å². The van der Waals surface area contributed by atoms with E-state index in [1.807, 2.05) is 0 Å². The van der Waals surface area contributed by atoms with Gasteiger partial charge in [-0.15, -0.1) is 0 Å². The lowest BCUT2D eigenvalue weighted by Gasteiger charge is -2.11. The Morgan fingerprint density at radius 2 is 2.14 bits per heavy atom. The topological polar surface area (TPSA) is 46.5 Å². The van der Waals surface area contributed by atoms with Crippen LogP contribution in [0.3, 0.4) is 0 Å². The standard InChI is InChI=1S/C11H14O3/c1-7(12)9-4-5-11(14-3)10(6-9)8(2)13/h4-6,8,13H,1-3H3. The molecule has 0 spiro atoms. The van der Waals surface area contributed by atoms with Gasteiger partial charge in [-0.1, -0.05) is 0 Å². The lowest BCUT2D eigenvalue weighted by atomic mass is 10.0. The van der Waals surface area contributed by atoms with E-state index in [0.717, 1.165) is 0 Å². The fourth-order valence-electron chi connectivity index (χ4n) is 1.28. The number of carbonyl (C=O) groups excluding carboxylic acids is 1. The van der Waals surface area contributed by atoms with Crippen molar-refractivity contribution in [3.05, 3.63) is 29.3 Å². The number of Topliss-reactive ketones (excluding diaryl/α,β-unsaturated/α-hetero) is 1. The average molecular weight is 194 g/mol. The summed E-state index contributed by atoms with van der Waals surface area (Å²) in [5, 5.41) is 9.45. The van der Waals surface area contributed by atoms with Gasteiger partial charge in [0.05, 0.1) is 13.2 Å². The second-order valence-corrected chi connectivity index (χ2v) is 3.19. The van der Waals surface area contributed by atoms with Crippen LogP contribution in [0.15, 0.2) is 18.2 Å². The number of methoxy groups -OCH3 is 1. The lowest BCUT2D eigenvalue weighted by molar-refractivity contribution is 0.101. The van der Waals surface area contributed by atoms with Crippen molar-refractivity contribution >= 4 is 5.78 Å². The molecule has 0 saturated carbocycles. The van der Waals surface area contributed by atoms with E-state index in [-0.39, 0.29) is 5.78 Å². The second kappa shape index (κ2) is 4.24. The van der Waals surface area contributed by atoms with Crippen LogP contribution >= 0.6 is 0 Å². The summed E-state index contributed by atoms with van der Waals surface area (Å²) >= 11 is 0. The van der Waals surface area contributed by atoms with Crippen molar-refractivity contribution in [2.75, 3.05) is 7.11 Å². The van der Waals surface area contributed by atoms with Gasteiger partial charge in [0.25, 0.3) is 0 Å². The summed E-state index contributed by atoms with van der Waals surface area (Å²) in [7, 11) is 1.54. The van der Waals surface area contributed by atoms with Crippen LogP contribution in [0, 0.1) is 0 Å². The molecule has 76 valence electrons. The molecular weight excluding hydrogens is 180 g/mol. The Labute approximate surface area is 83.3 Å². The minimum atomic E-state index is -0.635. The first-order valence-corrected chi connectivity index (χ1v) is 4.43. The van der Waals surface area contributed by atoms with Gasteiger partial charge in [-0.25, -0.2) is 0 Å². The molecule has 3 heteroatoms. The molecule has 1 unspecified atom stereocenters. The molecule has 1 aromatic rings. The molecule has 0 aliphatic rings. The van der Waals surface area contributed by atoms with Crippen molar-refractivity contribution in [1.82, 2.24) is 0 Å². The van der Waals surface area contributed by atoms with E-state index in [1.54, 1.807) is 25.1 Å². The first-order chi connectivity index (χ1) is 6.56. The largest absolute Gasteiger partial charge is 0.496 e. The van der Waals surface area contributed by atoms with E-state index < -0.39 is 6.10 Å². The van der Waals surface area contributed by atoms with Crippen molar-refractivity contribution in [2.45, 2.75) is 20.0 Å². The first kappa shape index (κ1) is 10.7. The number of benzene rings is 1. The van der Waals surface area contributed by atoms with Gasteiger partial charge in [-0.3, -0.25) is 4.79 Å². The third-order valence-corrected chi connectivity index (χ3v) is 2.09. The Morgan fingerprint density at radius 1 is 1.50 bits per heavy atom. The fourth-order valence-corrected chi connectivity index (χ4v) is 1.28. The highest BCUT2D eigenvalue weighted by atomic mass is 16.5. The smallest absolute Gasteiger partial charge is 0.159 e. The summed E-state index contributed by atoms with van der Waals surface area (Å²) < 4.78 is 5.07. The third-order valence-electron chi connectivity index (χ3n) is 2.09. The SMILES string of the molecule is COc1ccc(C(C)=O)cc1C(C)O. The Morgan fingerprint density at radius 3 is 2.57 bits per heavy atom. The first-order valence-electron chi connectivity index (χ1n) is 4.43. The van der Waals surface area contributed by atoms with Crippen LogP contribution in [0.4, 0.5) is 0 Å². The van der Waals surface area contributed by atoms with Crippen molar-refractivity contribution < 1.29 is 14.6 Å². The second-order valence-electron chi connectivity index (χ2n) is 3.19. The molecule has 0 fully saturated rings. The molecule has 1 rings (SSSR count). The summed E-state index contributed by atoms with van der Waals surface area (Å²) in [6.07, 6.45) is -0.635. The zero-order valence-corrected chi connectivity index (χ0v) is 8.57.